The number of nitrogens with one attached hydrogen (secondary N) is 2. The lowest BCUT2D eigenvalue weighted by Crippen LogP contribution is -1.99. The molecule has 0 amide bonds. The second kappa shape index (κ2) is 8.89. The largest absolute Gasteiger partial charge is 0.277 e. The number of hydrogen-bond donors (Lipinski definition) is 2. The highest BCUT2D eigenvalue weighted by atomic mass is 32.2. The van der Waals surface area contributed by atoms with Crippen molar-refractivity contribution in [3.05, 3.63) is 84.9 Å². The zero-order valence-electron chi connectivity index (χ0n) is 19.4. The number of hydrogen-bond acceptors (Lipinski definition) is 6. The Morgan fingerprint density at radius 1 is 0.556 bits per heavy atom. The minimum atomic E-state index is -3.41. The number of aromatic nitrogens is 4. The molecule has 0 aliphatic carbocycles. The van der Waals surface area contributed by atoms with E-state index in [-0.39, 0.29) is 9.79 Å². The Kier molecular flexibility index (Phi) is 5.85. The van der Waals surface area contributed by atoms with E-state index in [1.54, 1.807) is 48.5 Å². The van der Waals surface area contributed by atoms with Gasteiger partial charge < -0.3 is 0 Å². The van der Waals surface area contributed by atoms with E-state index in [1.165, 1.54) is 12.5 Å². The molecular weight excluding hydrogens is 496 g/mol. The van der Waals surface area contributed by atoms with Gasteiger partial charge in [-0.1, -0.05) is 54.6 Å². The van der Waals surface area contributed by atoms with E-state index >= 15 is 0 Å². The molecule has 2 aromatic heterocycles. The van der Waals surface area contributed by atoms with Gasteiger partial charge in [0, 0.05) is 34.8 Å². The van der Waals surface area contributed by atoms with Crippen LogP contribution in [-0.2, 0) is 19.7 Å². The first-order valence-corrected chi connectivity index (χ1v) is 14.7. The first kappa shape index (κ1) is 23.7. The molecule has 5 rings (SSSR count). The van der Waals surface area contributed by atoms with Crippen LogP contribution in [0.5, 0.6) is 0 Å². The van der Waals surface area contributed by atoms with Crippen LogP contribution in [0, 0.1) is 0 Å². The van der Waals surface area contributed by atoms with Crippen LogP contribution in [0.1, 0.15) is 0 Å². The molecular formula is C26H22N4O4S2. The summed E-state index contributed by atoms with van der Waals surface area (Å²) in [6.45, 7) is 0. The molecule has 2 heterocycles. The van der Waals surface area contributed by atoms with Crippen LogP contribution in [0.4, 0.5) is 0 Å². The highest BCUT2D eigenvalue weighted by Gasteiger charge is 2.18. The third-order valence-electron chi connectivity index (χ3n) is 5.76. The number of sulfone groups is 2. The van der Waals surface area contributed by atoms with E-state index in [0.717, 1.165) is 11.1 Å². The molecule has 3 aromatic carbocycles. The summed E-state index contributed by atoms with van der Waals surface area (Å²) < 4.78 is 48.8. The summed E-state index contributed by atoms with van der Waals surface area (Å²) in [6.07, 6.45) is 2.36. The SMILES string of the molecule is CS(=O)(=O)c1ccccc1-c1cc(-c2cccc(-c3cc(-c4ccccc4S(C)(=O)=O)[nH]n3)c2)n[nH]1. The Labute approximate surface area is 208 Å². The highest BCUT2D eigenvalue weighted by molar-refractivity contribution is 7.91. The van der Waals surface area contributed by atoms with Gasteiger partial charge in [0.05, 0.1) is 32.6 Å². The second-order valence-corrected chi connectivity index (χ2v) is 12.4. The van der Waals surface area contributed by atoms with Crippen LogP contribution < -0.4 is 0 Å². The molecule has 5 aromatic rings. The average molecular weight is 519 g/mol. The molecule has 0 fully saturated rings. The molecule has 10 heteroatoms. The molecule has 0 aliphatic rings. The van der Waals surface area contributed by atoms with E-state index < -0.39 is 19.7 Å². The second-order valence-electron chi connectivity index (χ2n) is 8.45. The first-order valence-electron chi connectivity index (χ1n) is 10.9. The molecule has 0 unspecified atom stereocenters. The summed E-state index contributed by atoms with van der Waals surface area (Å²) >= 11 is 0. The normalized spacial score (nSPS) is 12.1. The van der Waals surface area contributed by atoms with Gasteiger partial charge in [0.25, 0.3) is 0 Å². The minimum absolute atomic E-state index is 0.229. The maximum absolute atomic E-state index is 12.2. The summed E-state index contributed by atoms with van der Waals surface area (Å²) in [5.41, 5.74) is 5.21. The van der Waals surface area contributed by atoms with Crippen LogP contribution >= 0.6 is 0 Å². The van der Waals surface area contributed by atoms with Crippen molar-refractivity contribution in [1.29, 1.82) is 0 Å². The highest BCUT2D eigenvalue weighted by Crippen LogP contribution is 2.32. The van der Waals surface area contributed by atoms with Gasteiger partial charge >= 0.3 is 0 Å². The molecule has 2 N–H and O–H groups in total. The van der Waals surface area contributed by atoms with Crippen molar-refractivity contribution in [1.82, 2.24) is 20.4 Å². The summed E-state index contributed by atoms with van der Waals surface area (Å²) in [7, 11) is -6.82. The quantitative estimate of drug-likeness (QED) is 0.338. The summed E-state index contributed by atoms with van der Waals surface area (Å²) in [4.78, 5) is 0.458. The fourth-order valence-corrected chi connectivity index (χ4v) is 5.88. The van der Waals surface area contributed by atoms with Gasteiger partial charge in [-0.25, -0.2) is 16.8 Å². The molecule has 0 spiro atoms. The summed E-state index contributed by atoms with van der Waals surface area (Å²) in [5, 5.41) is 14.7. The fourth-order valence-electron chi connectivity index (χ4n) is 4.08. The number of rotatable bonds is 6. The van der Waals surface area contributed by atoms with Crippen molar-refractivity contribution >= 4 is 19.7 Å². The van der Waals surface area contributed by atoms with E-state index in [4.69, 9.17) is 0 Å². The van der Waals surface area contributed by atoms with Crippen LogP contribution in [0.25, 0.3) is 45.0 Å². The van der Waals surface area contributed by atoms with Gasteiger partial charge in [-0.05, 0) is 30.3 Å². The molecule has 0 bridgehead atoms. The van der Waals surface area contributed by atoms with Gasteiger partial charge in [0.1, 0.15) is 0 Å². The fraction of sp³-hybridized carbons (Fsp3) is 0.0769. The standard InChI is InChI=1S/C26H22N4O4S2/c1-35(31,32)25-12-5-3-10-19(25)23-15-21(27-29-23)17-8-7-9-18(14-17)22-16-24(30-28-22)20-11-4-6-13-26(20)36(2,33)34/h3-16H,1-2H3,(H,27,29)(H,28,30). The van der Waals surface area contributed by atoms with E-state index in [1.807, 2.05) is 36.4 Å². The molecule has 8 nitrogen and oxygen atoms in total. The monoisotopic (exact) mass is 518 g/mol. The topological polar surface area (TPSA) is 126 Å². The maximum atomic E-state index is 12.2. The van der Waals surface area contributed by atoms with E-state index in [9.17, 15) is 16.8 Å². The molecule has 0 saturated heterocycles. The molecule has 0 radical (unpaired) electrons. The number of nitrogens with zero attached hydrogens (tertiary/aromatic N) is 2. The molecule has 36 heavy (non-hydrogen) atoms. The van der Waals surface area contributed by atoms with Crippen molar-refractivity contribution in [3.63, 3.8) is 0 Å². The van der Waals surface area contributed by atoms with Crippen molar-refractivity contribution in [3.8, 4) is 45.0 Å². The van der Waals surface area contributed by atoms with Gasteiger partial charge in [-0.3, -0.25) is 10.2 Å². The first-order chi connectivity index (χ1) is 17.1. The Balaban J connectivity index is 1.50. The summed E-state index contributed by atoms with van der Waals surface area (Å²) in [6, 6.07) is 24.8. The Morgan fingerprint density at radius 2 is 0.972 bits per heavy atom. The van der Waals surface area contributed by atoms with Crippen molar-refractivity contribution < 1.29 is 16.8 Å². The van der Waals surface area contributed by atoms with Crippen LogP contribution in [0.3, 0.4) is 0 Å². The lowest BCUT2D eigenvalue weighted by molar-refractivity contribution is 0.600. The van der Waals surface area contributed by atoms with Gasteiger partial charge in [0.15, 0.2) is 19.7 Å². The van der Waals surface area contributed by atoms with Crippen molar-refractivity contribution in [2.45, 2.75) is 9.79 Å². The van der Waals surface area contributed by atoms with Gasteiger partial charge in [0.2, 0.25) is 0 Å². The Hall–Kier alpha value is -4.02. The van der Waals surface area contributed by atoms with E-state index in [2.05, 4.69) is 20.4 Å². The number of aromatic amines is 2. The maximum Gasteiger partial charge on any atom is 0.176 e. The zero-order chi connectivity index (χ0) is 25.5. The van der Waals surface area contributed by atoms with Crippen molar-refractivity contribution in [2.24, 2.45) is 0 Å². The van der Waals surface area contributed by atoms with Crippen LogP contribution in [-0.4, -0.2) is 49.7 Å². The minimum Gasteiger partial charge on any atom is -0.277 e. The van der Waals surface area contributed by atoms with Crippen LogP contribution in [0.15, 0.2) is 94.7 Å². The average Bonchev–Trinajstić information content (AvgIpc) is 3.54. The van der Waals surface area contributed by atoms with Gasteiger partial charge in [-0.15, -0.1) is 0 Å². The zero-order valence-corrected chi connectivity index (χ0v) is 21.1. The van der Waals surface area contributed by atoms with Crippen LogP contribution in [0.2, 0.25) is 0 Å². The molecule has 0 aliphatic heterocycles. The Morgan fingerprint density at radius 3 is 1.39 bits per heavy atom. The smallest absolute Gasteiger partial charge is 0.176 e. The van der Waals surface area contributed by atoms with Crippen molar-refractivity contribution in [2.75, 3.05) is 12.5 Å². The third kappa shape index (κ3) is 4.60. The predicted octanol–water partition coefficient (Wildman–Crippen LogP) is 4.61. The third-order valence-corrected chi connectivity index (χ3v) is 8.07. The number of benzene rings is 3. The lowest BCUT2D eigenvalue weighted by Gasteiger charge is -2.05. The lowest BCUT2D eigenvalue weighted by atomic mass is 10.0. The predicted molar refractivity (Wildman–Crippen MR) is 139 cm³/mol. The summed E-state index contributed by atoms with van der Waals surface area (Å²) in [5.74, 6) is 0. The van der Waals surface area contributed by atoms with Gasteiger partial charge in [-0.2, -0.15) is 10.2 Å². The number of H-pyrrole nitrogens is 2. The molecule has 0 saturated carbocycles. The molecule has 182 valence electrons. The van der Waals surface area contributed by atoms with E-state index in [0.29, 0.717) is 33.9 Å². The Bertz CT molecular complexity index is 1670. The molecule has 0 atom stereocenters.